The second kappa shape index (κ2) is 8.06. The minimum Gasteiger partial charge on any atom is -0.285 e. The molecule has 2 aliphatic rings. The van der Waals surface area contributed by atoms with Crippen LogP contribution in [-0.4, -0.2) is 27.7 Å². The normalized spacial score (nSPS) is 18.1. The van der Waals surface area contributed by atoms with E-state index in [1.807, 2.05) is 42.5 Å². The maximum atomic E-state index is 12.5. The van der Waals surface area contributed by atoms with Crippen LogP contribution in [0.2, 0.25) is 0 Å². The van der Waals surface area contributed by atoms with Gasteiger partial charge in [0.15, 0.2) is 0 Å². The Kier molecular flexibility index (Phi) is 5.59. The molecule has 1 fully saturated rings. The lowest BCUT2D eigenvalue weighted by Crippen LogP contribution is -2.30. The molecular weight excluding hydrogens is 300 g/mol. The van der Waals surface area contributed by atoms with Crippen molar-refractivity contribution in [3.05, 3.63) is 65.5 Å². The van der Waals surface area contributed by atoms with E-state index < -0.39 is 5.91 Å². The predicted molar refractivity (Wildman–Crippen MR) is 93.9 cm³/mol. The van der Waals surface area contributed by atoms with Gasteiger partial charge in [-0.2, -0.15) is 0 Å². The van der Waals surface area contributed by atoms with Gasteiger partial charge in [0.1, 0.15) is 5.69 Å². The number of carbonyl (C=O) groups is 1. The number of nitrogens with zero attached hydrogens (tertiary/aromatic N) is 2. The molecule has 0 radical (unpaired) electrons. The zero-order valence-corrected chi connectivity index (χ0v) is 13.9. The number of hydrogen-bond donors (Lipinski definition) is 1. The number of amides is 1. The maximum absolute atomic E-state index is 12.5. The monoisotopic (exact) mass is 324 g/mol. The Morgan fingerprint density at radius 1 is 1.25 bits per heavy atom. The fourth-order valence-electron chi connectivity index (χ4n) is 3.36. The van der Waals surface area contributed by atoms with Gasteiger partial charge in [-0.25, -0.2) is 5.06 Å². The number of pyridine rings is 1. The lowest BCUT2D eigenvalue weighted by atomic mass is 9.84. The molecule has 1 aromatic rings. The second-order valence-electron chi connectivity index (χ2n) is 6.48. The first kappa shape index (κ1) is 16.7. The van der Waals surface area contributed by atoms with Crippen molar-refractivity contribution in [3.63, 3.8) is 0 Å². The zero-order valence-electron chi connectivity index (χ0n) is 13.9. The molecule has 1 amide bonds. The lowest BCUT2D eigenvalue weighted by Gasteiger charge is -2.22. The van der Waals surface area contributed by atoms with Crippen molar-refractivity contribution in [1.29, 1.82) is 0 Å². The lowest BCUT2D eigenvalue weighted by molar-refractivity contribution is -0.0511. The highest BCUT2D eigenvalue weighted by Crippen LogP contribution is 2.32. The van der Waals surface area contributed by atoms with E-state index in [1.165, 1.54) is 32.1 Å². The van der Waals surface area contributed by atoms with Crippen molar-refractivity contribution in [1.82, 2.24) is 10.0 Å². The van der Waals surface area contributed by atoms with Gasteiger partial charge in [-0.15, -0.1) is 0 Å². The van der Waals surface area contributed by atoms with E-state index in [-0.39, 0.29) is 6.54 Å². The predicted octanol–water partition coefficient (Wildman–Crippen LogP) is 4.40. The van der Waals surface area contributed by atoms with Crippen LogP contribution in [0.15, 0.2) is 54.3 Å². The van der Waals surface area contributed by atoms with Crippen LogP contribution in [-0.2, 0) is 0 Å². The minimum atomic E-state index is -0.449. The fraction of sp³-hybridized carbons (Fsp3) is 0.400. The summed E-state index contributed by atoms with van der Waals surface area (Å²) >= 11 is 0. The van der Waals surface area contributed by atoms with Crippen LogP contribution in [0.1, 0.15) is 60.5 Å². The zero-order chi connectivity index (χ0) is 16.8. The fourth-order valence-corrected chi connectivity index (χ4v) is 3.36. The smallest absolute Gasteiger partial charge is 0.285 e. The summed E-state index contributed by atoms with van der Waals surface area (Å²) in [5.74, 6) is 0.0632. The van der Waals surface area contributed by atoms with E-state index in [0.717, 1.165) is 22.6 Å². The van der Waals surface area contributed by atoms with Crippen molar-refractivity contribution in [3.8, 4) is 0 Å². The average Bonchev–Trinajstić information content (AvgIpc) is 2.90. The van der Waals surface area contributed by atoms with Crippen LogP contribution in [0.4, 0.5) is 0 Å². The van der Waals surface area contributed by atoms with Gasteiger partial charge in [-0.1, -0.05) is 49.6 Å². The Morgan fingerprint density at radius 2 is 2.08 bits per heavy atom. The Labute approximate surface area is 143 Å². The highest BCUT2D eigenvalue weighted by Gasteiger charge is 2.20. The van der Waals surface area contributed by atoms with E-state index in [4.69, 9.17) is 0 Å². The van der Waals surface area contributed by atoms with Gasteiger partial charge < -0.3 is 0 Å². The number of carbonyl (C=O) groups excluding carboxylic acids is 1. The second-order valence-corrected chi connectivity index (χ2v) is 6.48. The molecule has 0 atom stereocenters. The first-order valence-electron chi connectivity index (χ1n) is 8.73. The SMILES string of the molecule is O=C(c1cc(C2CCCCC2)ccn1)N(O)CC1=CC=CCC=C1. The molecule has 1 heterocycles. The molecular formula is C20H24N2O2. The van der Waals surface area contributed by atoms with Gasteiger partial charge in [0, 0.05) is 6.20 Å². The van der Waals surface area contributed by atoms with E-state index >= 15 is 0 Å². The van der Waals surface area contributed by atoms with Crippen LogP contribution in [0.25, 0.3) is 0 Å². The van der Waals surface area contributed by atoms with E-state index in [9.17, 15) is 10.0 Å². The molecule has 0 saturated heterocycles. The van der Waals surface area contributed by atoms with Gasteiger partial charge in [0.25, 0.3) is 5.91 Å². The molecule has 0 unspecified atom stereocenters. The summed E-state index contributed by atoms with van der Waals surface area (Å²) in [4.78, 5) is 16.6. The first-order valence-corrected chi connectivity index (χ1v) is 8.73. The molecule has 0 aliphatic heterocycles. The highest BCUT2D eigenvalue weighted by atomic mass is 16.5. The van der Waals surface area contributed by atoms with Gasteiger partial charge >= 0.3 is 0 Å². The van der Waals surface area contributed by atoms with Gasteiger partial charge in [0.2, 0.25) is 0 Å². The third-order valence-electron chi connectivity index (χ3n) is 4.70. The third-order valence-corrected chi connectivity index (χ3v) is 4.70. The summed E-state index contributed by atoms with van der Waals surface area (Å²) < 4.78 is 0. The molecule has 3 rings (SSSR count). The molecule has 1 aromatic heterocycles. The van der Waals surface area contributed by atoms with Crippen molar-refractivity contribution in [2.24, 2.45) is 0 Å². The summed E-state index contributed by atoms with van der Waals surface area (Å²) in [7, 11) is 0. The summed E-state index contributed by atoms with van der Waals surface area (Å²) in [6.45, 7) is 0.162. The van der Waals surface area contributed by atoms with Gasteiger partial charge in [-0.3, -0.25) is 15.0 Å². The van der Waals surface area contributed by atoms with Crippen molar-refractivity contribution < 1.29 is 10.0 Å². The molecule has 0 aromatic carbocycles. The molecule has 4 heteroatoms. The third kappa shape index (κ3) is 4.20. The molecule has 1 saturated carbocycles. The minimum absolute atomic E-state index is 0.162. The molecule has 4 nitrogen and oxygen atoms in total. The summed E-state index contributed by atoms with van der Waals surface area (Å²) in [5.41, 5.74) is 2.37. The van der Waals surface area contributed by atoms with Crippen molar-refractivity contribution in [2.75, 3.05) is 6.54 Å². The van der Waals surface area contributed by atoms with Crippen molar-refractivity contribution in [2.45, 2.75) is 44.4 Å². The summed E-state index contributed by atoms with van der Waals surface area (Å²) in [6, 6.07) is 3.84. The molecule has 0 spiro atoms. The topological polar surface area (TPSA) is 53.4 Å². The van der Waals surface area contributed by atoms with Crippen LogP contribution in [0.5, 0.6) is 0 Å². The van der Waals surface area contributed by atoms with Gasteiger partial charge in [0.05, 0.1) is 6.54 Å². The number of hydroxylamine groups is 2. The first-order chi connectivity index (χ1) is 11.7. The van der Waals surface area contributed by atoms with Crippen LogP contribution >= 0.6 is 0 Å². The molecule has 0 bridgehead atoms. The van der Waals surface area contributed by atoms with E-state index in [2.05, 4.69) is 4.98 Å². The van der Waals surface area contributed by atoms with E-state index in [0.29, 0.717) is 11.6 Å². The van der Waals surface area contributed by atoms with E-state index in [1.54, 1.807) is 6.20 Å². The average molecular weight is 324 g/mol. The van der Waals surface area contributed by atoms with Crippen LogP contribution in [0, 0.1) is 0 Å². The number of hydrogen-bond acceptors (Lipinski definition) is 3. The molecule has 24 heavy (non-hydrogen) atoms. The summed E-state index contributed by atoms with van der Waals surface area (Å²) in [5, 5.41) is 10.9. The number of aromatic nitrogens is 1. The Balaban J connectivity index is 1.69. The Morgan fingerprint density at radius 3 is 2.92 bits per heavy atom. The van der Waals surface area contributed by atoms with Crippen LogP contribution < -0.4 is 0 Å². The largest absolute Gasteiger partial charge is 0.296 e. The molecule has 2 aliphatic carbocycles. The van der Waals surface area contributed by atoms with Gasteiger partial charge in [-0.05, 0) is 48.4 Å². The maximum Gasteiger partial charge on any atom is 0.296 e. The number of rotatable bonds is 4. The Bertz CT molecular complexity index is 670. The quantitative estimate of drug-likeness (QED) is 0.659. The van der Waals surface area contributed by atoms with Crippen LogP contribution in [0.3, 0.4) is 0 Å². The highest BCUT2D eigenvalue weighted by molar-refractivity contribution is 5.91. The van der Waals surface area contributed by atoms with Crippen molar-refractivity contribution >= 4 is 5.91 Å². The standard InChI is InChI=1S/C20H24N2O2/c23-20(22(24)15-16-8-4-1-2-5-9-16)19-14-18(12-13-21-19)17-10-6-3-7-11-17/h1,4-5,8-9,12-14,17,24H,2-3,6-7,10-11,15H2. The molecule has 126 valence electrons. The number of allylic oxidation sites excluding steroid dienone is 4. The Hall–Kier alpha value is -2.20. The summed E-state index contributed by atoms with van der Waals surface area (Å²) in [6.07, 6.45) is 18.5. The molecule has 1 N–H and O–H groups in total.